The van der Waals surface area contributed by atoms with Gasteiger partial charge in [-0.05, 0) is 18.9 Å². The highest BCUT2D eigenvalue weighted by Crippen LogP contribution is 2.19. The average molecular weight is 321 g/mol. The molecule has 1 fully saturated rings. The van der Waals surface area contributed by atoms with E-state index in [2.05, 4.69) is 10.3 Å². The van der Waals surface area contributed by atoms with Crippen molar-refractivity contribution in [1.29, 1.82) is 0 Å². The molecule has 1 aliphatic heterocycles. The lowest BCUT2D eigenvalue weighted by molar-refractivity contribution is 0.0949. The van der Waals surface area contributed by atoms with E-state index in [1.165, 1.54) is 0 Å². The van der Waals surface area contributed by atoms with Crippen molar-refractivity contribution in [2.75, 3.05) is 12.3 Å². The number of carbonyl (C=O) groups excluding carboxylic acids is 1. The van der Waals surface area contributed by atoms with Crippen LogP contribution in [0.15, 0.2) is 17.2 Å². The molecule has 8 nitrogen and oxygen atoms in total. The van der Waals surface area contributed by atoms with Gasteiger partial charge < -0.3 is 10.3 Å². The van der Waals surface area contributed by atoms with Gasteiger partial charge in [0.25, 0.3) is 5.91 Å². The predicted molar refractivity (Wildman–Crippen MR) is 71.3 cm³/mol. The number of hydrogen-bond acceptors (Lipinski definition) is 5. The summed E-state index contributed by atoms with van der Waals surface area (Å²) in [7, 11) is -7.00. The number of sulfone groups is 1. The van der Waals surface area contributed by atoms with Gasteiger partial charge in [-0.25, -0.2) is 22.0 Å². The SMILES string of the molecule is NS(=O)(=O)c1c[nH]c(C(=O)NCC2CCCS2(=O)=O)c1. The summed E-state index contributed by atoms with van der Waals surface area (Å²) in [6.45, 7) is 0.0187. The third-order valence-electron chi connectivity index (χ3n) is 3.18. The van der Waals surface area contributed by atoms with E-state index in [4.69, 9.17) is 5.14 Å². The van der Waals surface area contributed by atoms with Crippen molar-refractivity contribution in [1.82, 2.24) is 10.3 Å². The highest BCUT2D eigenvalue weighted by molar-refractivity contribution is 7.92. The maximum atomic E-state index is 11.8. The van der Waals surface area contributed by atoms with Gasteiger partial charge in [-0.1, -0.05) is 0 Å². The first kappa shape index (κ1) is 15.0. The van der Waals surface area contributed by atoms with Crippen LogP contribution in [-0.2, 0) is 19.9 Å². The van der Waals surface area contributed by atoms with E-state index in [0.29, 0.717) is 12.8 Å². The van der Waals surface area contributed by atoms with Crippen LogP contribution in [0.25, 0.3) is 0 Å². The highest BCUT2D eigenvalue weighted by atomic mass is 32.2. The van der Waals surface area contributed by atoms with Crippen molar-refractivity contribution in [2.24, 2.45) is 5.14 Å². The Morgan fingerprint density at radius 2 is 2.20 bits per heavy atom. The third kappa shape index (κ3) is 3.19. The normalized spacial score (nSPS) is 21.8. The molecule has 20 heavy (non-hydrogen) atoms. The average Bonchev–Trinajstić information content (AvgIpc) is 2.91. The zero-order chi connectivity index (χ0) is 15.0. The highest BCUT2D eigenvalue weighted by Gasteiger charge is 2.31. The molecule has 1 aliphatic rings. The first-order valence-electron chi connectivity index (χ1n) is 5.91. The van der Waals surface area contributed by atoms with Gasteiger partial charge in [0.05, 0.1) is 15.9 Å². The van der Waals surface area contributed by atoms with Gasteiger partial charge in [0.2, 0.25) is 10.0 Å². The Morgan fingerprint density at radius 1 is 1.50 bits per heavy atom. The molecule has 1 aromatic heterocycles. The smallest absolute Gasteiger partial charge is 0.267 e. The Balaban J connectivity index is 2.01. The molecule has 0 saturated carbocycles. The summed E-state index contributed by atoms with van der Waals surface area (Å²) in [6.07, 6.45) is 2.23. The zero-order valence-electron chi connectivity index (χ0n) is 10.5. The number of nitrogens with two attached hydrogens (primary N) is 1. The van der Waals surface area contributed by atoms with Crippen LogP contribution in [0, 0.1) is 0 Å². The first-order chi connectivity index (χ1) is 9.20. The molecule has 4 N–H and O–H groups in total. The zero-order valence-corrected chi connectivity index (χ0v) is 12.1. The van der Waals surface area contributed by atoms with E-state index >= 15 is 0 Å². The van der Waals surface area contributed by atoms with Crippen LogP contribution < -0.4 is 10.5 Å². The van der Waals surface area contributed by atoms with Gasteiger partial charge in [-0.2, -0.15) is 0 Å². The number of H-pyrrole nitrogens is 1. The van der Waals surface area contributed by atoms with Crippen molar-refractivity contribution in [3.8, 4) is 0 Å². The molecule has 0 spiro atoms. The topological polar surface area (TPSA) is 139 Å². The molecule has 1 aromatic rings. The van der Waals surface area contributed by atoms with Crippen molar-refractivity contribution in [2.45, 2.75) is 23.0 Å². The Morgan fingerprint density at radius 3 is 2.70 bits per heavy atom. The lowest BCUT2D eigenvalue weighted by Crippen LogP contribution is -2.34. The van der Waals surface area contributed by atoms with Gasteiger partial charge in [0.1, 0.15) is 5.69 Å². The van der Waals surface area contributed by atoms with Crippen LogP contribution in [0.5, 0.6) is 0 Å². The molecule has 2 rings (SSSR count). The van der Waals surface area contributed by atoms with Gasteiger partial charge in [-0.15, -0.1) is 0 Å². The van der Waals surface area contributed by atoms with E-state index in [0.717, 1.165) is 12.3 Å². The molecular weight excluding hydrogens is 306 g/mol. The lowest BCUT2D eigenvalue weighted by Gasteiger charge is -2.09. The Hall–Kier alpha value is -1.39. The number of carbonyl (C=O) groups is 1. The molecule has 0 bridgehead atoms. The fraction of sp³-hybridized carbons (Fsp3) is 0.500. The first-order valence-corrected chi connectivity index (χ1v) is 9.17. The van der Waals surface area contributed by atoms with Crippen LogP contribution in [0.2, 0.25) is 0 Å². The summed E-state index contributed by atoms with van der Waals surface area (Å²) in [5, 5.41) is 6.83. The number of rotatable bonds is 4. The van der Waals surface area contributed by atoms with Crippen molar-refractivity contribution in [3.05, 3.63) is 18.0 Å². The molecule has 0 aromatic carbocycles. The summed E-state index contributed by atoms with van der Waals surface area (Å²) in [5.41, 5.74) is 0.0180. The number of aromatic amines is 1. The van der Waals surface area contributed by atoms with Crippen LogP contribution in [0.4, 0.5) is 0 Å². The lowest BCUT2D eigenvalue weighted by atomic mass is 10.2. The molecule has 1 atom stereocenters. The quantitative estimate of drug-likeness (QED) is 0.650. The molecular formula is C10H15N3O5S2. The number of amides is 1. The number of primary sulfonamides is 1. The summed E-state index contributed by atoms with van der Waals surface area (Å²) < 4.78 is 45.3. The van der Waals surface area contributed by atoms with Crippen LogP contribution in [0.3, 0.4) is 0 Å². The van der Waals surface area contributed by atoms with E-state index in [1.54, 1.807) is 0 Å². The molecule has 1 amide bonds. The van der Waals surface area contributed by atoms with E-state index in [9.17, 15) is 21.6 Å². The van der Waals surface area contributed by atoms with Gasteiger partial charge in [0.15, 0.2) is 9.84 Å². The summed E-state index contributed by atoms with van der Waals surface area (Å²) in [4.78, 5) is 14.1. The molecule has 1 unspecified atom stereocenters. The second kappa shape index (κ2) is 5.19. The fourth-order valence-electron chi connectivity index (χ4n) is 2.06. The van der Waals surface area contributed by atoms with Crippen LogP contribution in [-0.4, -0.2) is 45.3 Å². The van der Waals surface area contributed by atoms with E-state index in [1.807, 2.05) is 0 Å². The summed E-state index contributed by atoms with van der Waals surface area (Å²) in [5.74, 6) is -0.423. The third-order valence-corrected chi connectivity index (χ3v) is 6.35. The van der Waals surface area contributed by atoms with Crippen molar-refractivity contribution in [3.63, 3.8) is 0 Å². The van der Waals surface area contributed by atoms with Gasteiger partial charge in [0, 0.05) is 12.7 Å². The minimum Gasteiger partial charge on any atom is -0.356 e. The molecule has 1 saturated heterocycles. The van der Waals surface area contributed by atoms with Gasteiger partial charge in [-0.3, -0.25) is 4.79 Å². The maximum absolute atomic E-state index is 11.8. The predicted octanol–water partition coefficient (Wildman–Crippen LogP) is -1.03. The van der Waals surface area contributed by atoms with Crippen molar-refractivity contribution >= 4 is 25.8 Å². The van der Waals surface area contributed by atoms with E-state index < -0.39 is 31.0 Å². The monoisotopic (exact) mass is 321 g/mol. The second-order valence-electron chi connectivity index (χ2n) is 4.64. The molecule has 0 radical (unpaired) electrons. The van der Waals surface area contributed by atoms with Crippen LogP contribution in [0.1, 0.15) is 23.3 Å². The maximum Gasteiger partial charge on any atom is 0.267 e. The Labute approximate surface area is 116 Å². The van der Waals surface area contributed by atoms with Gasteiger partial charge >= 0.3 is 0 Å². The fourth-order valence-corrected chi connectivity index (χ4v) is 4.33. The van der Waals surface area contributed by atoms with Crippen LogP contribution >= 0.6 is 0 Å². The molecule has 0 aliphatic carbocycles. The largest absolute Gasteiger partial charge is 0.356 e. The molecule has 2 heterocycles. The number of hydrogen-bond donors (Lipinski definition) is 3. The summed E-state index contributed by atoms with van der Waals surface area (Å²) in [6, 6.07) is 1.10. The van der Waals surface area contributed by atoms with Crippen molar-refractivity contribution < 1.29 is 21.6 Å². The number of aromatic nitrogens is 1. The minimum atomic E-state index is -3.87. The summed E-state index contributed by atoms with van der Waals surface area (Å²) >= 11 is 0. The number of nitrogens with one attached hydrogen (secondary N) is 2. The minimum absolute atomic E-state index is 0.0180. The Bertz CT molecular complexity index is 720. The second-order valence-corrected chi connectivity index (χ2v) is 8.60. The van der Waals surface area contributed by atoms with E-state index in [-0.39, 0.29) is 22.9 Å². The molecule has 112 valence electrons. The Kier molecular flexibility index (Phi) is 3.89. The standard InChI is InChI=1S/C10H15N3O5S2/c11-20(17,18)8-4-9(12-6-8)10(14)13-5-7-2-1-3-19(7,15)16/h4,6-7,12H,1-3,5H2,(H,13,14)(H2,11,17,18). The number of sulfonamides is 1. The molecule has 10 heteroatoms.